The highest BCUT2D eigenvalue weighted by Gasteiger charge is 2.35. The van der Waals surface area contributed by atoms with Gasteiger partial charge in [0.25, 0.3) is 0 Å². The Hall–Kier alpha value is -2.82. The van der Waals surface area contributed by atoms with Gasteiger partial charge in [-0.15, -0.1) is 0 Å². The summed E-state index contributed by atoms with van der Waals surface area (Å²) in [6, 6.07) is 18.0. The number of rotatable bonds is 9. The van der Waals surface area contributed by atoms with Crippen LogP contribution in [0.4, 0.5) is 5.69 Å². The van der Waals surface area contributed by atoms with Crippen molar-refractivity contribution in [3.63, 3.8) is 0 Å². The lowest BCUT2D eigenvalue weighted by Gasteiger charge is -2.37. The van der Waals surface area contributed by atoms with E-state index < -0.39 is 6.04 Å². The van der Waals surface area contributed by atoms with Crippen LogP contribution in [-0.4, -0.2) is 42.4 Å². The Kier molecular flexibility index (Phi) is 8.10. The van der Waals surface area contributed by atoms with E-state index >= 15 is 0 Å². The SMILES string of the molecule is CC[C@H](C)C(=O)N1Cc2ccccc2C[C@@H]1C(=O)NCCCN(CC)c1ccccc1. The summed E-state index contributed by atoms with van der Waals surface area (Å²) >= 11 is 0. The van der Waals surface area contributed by atoms with Crippen LogP contribution in [0.5, 0.6) is 0 Å². The molecule has 0 saturated carbocycles. The number of anilines is 1. The lowest BCUT2D eigenvalue weighted by Crippen LogP contribution is -2.54. The van der Waals surface area contributed by atoms with E-state index in [1.165, 1.54) is 5.69 Å². The van der Waals surface area contributed by atoms with Gasteiger partial charge in [0.2, 0.25) is 11.8 Å². The first-order valence-electron chi connectivity index (χ1n) is 11.5. The van der Waals surface area contributed by atoms with Gasteiger partial charge < -0.3 is 15.1 Å². The zero-order valence-corrected chi connectivity index (χ0v) is 19.0. The third-order valence-corrected chi connectivity index (χ3v) is 6.28. The fourth-order valence-corrected chi connectivity index (χ4v) is 4.15. The highest BCUT2D eigenvalue weighted by molar-refractivity contribution is 5.89. The molecule has 0 radical (unpaired) electrons. The number of benzene rings is 2. The van der Waals surface area contributed by atoms with Gasteiger partial charge in [-0.3, -0.25) is 9.59 Å². The maximum absolute atomic E-state index is 13.1. The molecule has 0 spiro atoms. The first-order chi connectivity index (χ1) is 15.0. The monoisotopic (exact) mass is 421 g/mol. The number of nitrogens with zero attached hydrogens (tertiary/aromatic N) is 2. The van der Waals surface area contributed by atoms with Crippen molar-refractivity contribution in [1.82, 2.24) is 10.2 Å². The average Bonchev–Trinajstić information content (AvgIpc) is 2.82. The van der Waals surface area contributed by atoms with E-state index in [-0.39, 0.29) is 17.7 Å². The Morgan fingerprint density at radius 1 is 1.06 bits per heavy atom. The van der Waals surface area contributed by atoms with Gasteiger partial charge in [-0.05, 0) is 43.0 Å². The largest absolute Gasteiger partial charge is 0.372 e. The standard InChI is InChI=1S/C26H35N3O2/c1-4-20(3)26(31)29-19-22-13-10-9-12-21(22)18-24(29)25(30)27-16-11-17-28(5-2)23-14-7-6-8-15-23/h6-10,12-15,20,24H,4-5,11,16-19H2,1-3H3,(H,27,30)/t20-,24+/m0/s1. The Bertz CT molecular complexity index is 868. The molecule has 2 atom stereocenters. The van der Waals surface area contributed by atoms with Crippen molar-refractivity contribution >= 4 is 17.5 Å². The van der Waals surface area contributed by atoms with E-state index in [1.807, 2.05) is 44.2 Å². The van der Waals surface area contributed by atoms with Crippen LogP contribution in [-0.2, 0) is 22.6 Å². The molecule has 2 aromatic carbocycles. The summed E-state index contributed by atoms with van der Waals surface area (Å²) in [7, 11) is 0. The number of hydrogen-bond acceptors (Lipinski definition) is 3. The smallest absolute Gasteiger partial charge is 0.243 e. The predicted octanol–water partition coefficient (Wildman–Crippen LogP) is 4.02. The quantitative estimate of drug-likeness (QED) is 0.622. The number of carbonyl (C=O) groups excluding carboxylic acids is 2. The number of nitrogens with one attached hydrogen (secondary N) is 1. The molecule has 0 fully saturated rings. The Balaban J connectivity index is 1.61. The second kappa shape index (κ2) is 11.0. The van der Waals surface area contributed by atoms with Crippen LogP contribution in [0.3, 0.4) is 0 Å². The van der Waals surface area contributed by atoms with E-state index in [1.54, 1.807) is 4.90 Å². The van der Waals surface area contributed by atoms with Crippen LogP contribution in [0, 0.1) is 5.92 Å². The molecule has 0 aliphatic carbocycles. The van der Waals surface area contributed by atoms with Gasteiger partial charge in [-0.2, -0.15) is 0 Å². The van der Waals surface area contributed by atoms with Crippen LogP contribution in [0.15, 0.2) is 54.6 Å². The summed E-state index contributed by atoms with van der Waals surface area (Å²) in [5.41, 5.74) is 3.51. The molecule has 166 valence electrons. The first kappa shape index (κ1) is 22.9. The van der Waals surface area contributed by atoms with Gasteiger partial charge in [0.05, 0.1) is 0 Å². The zero-order valence-electron chi connectivity index (χ0n) is 19.0. The second-order valence-corrected chi connectivity index (χ2v) is 8.32. The van der Waals surface area contributed by atoms with Crippen molar-refractivity contribution in [1.29, 1.82) is 0 Å². The van der Waals surface area contributed by atoms with Gasteiger partial charge >= 0.3 is 0 Å². The summed E-state index contributed by atoms with van der Waals surface area (Å²) in [4.78, 5) is 30.2. The van der Waals surface area contributed by atoms with E-state index in [2.05, 4.69) is 41.4 Å². The van der Waals surface area contributed by atoms with Gasteiger partial charge in [0.15, 0.2) is 0 Å². The predicted molar refractivity (Wildman–Crippen MR) is 126 cm³/mol. The van der Waals surface area contributed by atoms with Crippen molar-refractivity contribution in [3.05, 3.63) is 65.7 Å². The highest BCUT2D eigenvalue weighted by atomic mass is 16.2. The molecular weight excluding hydrogens is 386 g/mol. The Morgan fingerprint density at radius 3 is 2.42 bits per heavy atom. The molecule has 1 heterocycles. The lowest BCUT2D eigenvalue weighted by atomic mass is 9.92. The fourth-order valence-electron chi connectivity index (χ4n) is 4.15. The average molecular weight is 422 g/mol. The summed E-state index contributed by atoms with van der Waals surface area (Å²) < 4.78 is 0. The summed E-state index contributed by atoms with van der Waals surface area (Å²) in [5, 5.41) is 3.10. The first-order valence-corrected chi connectivity index (χ1v) is 11.5. The van der Waals surface area contributed by atoms with Crippen LogP contribution < -0.4 is 10.2 Å². The molecular formula is C26H35N3O2. The van der Waals surface area contributed by atoms with E-state index in [9.17, 15) is 9.59 Å². The molecule has 1 aliphatic heterocycles. The molecule has 0 unspecified atom stereocenters. The minimum absolute atomic E-state index is 0.0473. The molecule has 0 saturated heterocycles. The Morgan fingerprint density at radius 2 is 1.74 bits per heavy atom. The van der Waals surface area contributed by atoms with Crippen LogP contribution in [0.2, 0.25) is 0 Å². The van der Waals surface area contributed by atoms with Crippen LogP contribution >= 0.6 is 0 Å². The minimum Gasteiger partial charge on any atom is -0.372 e. The van der Waals surface area contributed by atoms with E-state index in [0.717, 1.165) is 37.1 Å². The van der Waals surface area contributed by atoms with Gasteiger partial charge in [0, 0.05) is 44.2 Å². The van der Waals surface area contributed by atoms with E-state index in [4.69, 9.17) is 0 Å². The maximum atomic E-state index is 13.1. The highest BCUT2D eigenvalue weighted by Crippen LogP contribution is 2.25. The third-order valence-electron chi connectivity index (χ3n) is 6.28. The van der Waals surface area contributed by atoms with Crippen molar-refractivity contribution in [2.45, 2.75) is 52.6 Å². The minimum atomic E-state index is -0.437. The van der Waals surface area contributed by atoms with Crippen molar-refractivity contribution in [2.24, 2.45) is 5.92 Å². The van der Waals surface area contributed by atoms with Crippen LogP contribution in [0.25, 0.3) is 0 Å². The molecule has 0 bridgehead atoms. The molecule has 2 aromatic rings. The number of hydrogen-bond donors (Lipinski definition) is 1. The van der Waals surface area contributed by atoms with Gasteiger partial charge in [0.1, 0.15) is 6.04 Å². The number of fused-ring (bicyclic) bond motifs is 1. The summed E-state index contributed by atoms with van der Waals surface area (Å²) in [5.74, 6) is -0.0585. The second-order valence-electron chi connectivity index (χ2n) is 8.32. The van der Waals surface area contributed by atoms with Crippen molar-refractivity contribution < 1.29 is 9.59 Å². The lowest BCUT2D eigenvalue weighted by molar-refractivity contribution is -0.144. The Labute approximate surface area is 186 Å². The molecule has 1 N–H and O–H groups in total. The molecule has 0 aromatic heterocycles. The topological polar surface area (TPSA) is 52.7 Å². The maximum Gasteiger partial charge on any atom is 0.243 e. The molecule has 5 nitrogen and oxygen atoms in total. The summed E-state index contributed by atoms with van der Waals surface area (Å²) in [6.07, 6.45) is 2.21. The molecule has 5 heteroatoms. The molecule has 3 rings (SSSR count). The van der Waals surface area contributed by atoms with Crippen molar-refractivity contribution in [2.75, 3.05) is 24.5 Å². The molecule has 1 aliphatic rings. The third kappa shape index (κ3) is 5.66. The number of para-hydroxylation sites is 1. The summed E-state index contributed by atoms with van der Waals surface area (Å²) in [6.45, 7) is 9.02. The van der Waals surface area contributed by atoms with E-state index in [0.29, 0.717) is 19.5 Å². The van der Waals surface area contributed by atoms with Gasteiger partial charge in [-0.25, -0.2) is 0 Å². The van der Waals surface area contributed by atoms with Gasteiger partial charge in [-0.1, -0.05) is 56.3 Å². The normalized spacial score (nSPS) is 16.4. The molecule has 31 heavy (non-hydrogen) atoms. The molecule has 2 amide bonds. The number of amides is 2. The fraction of sp³-hybridized carbons (Fsp3) is 0.462. The zero-order chi connectivity index (χ0) is 22.2. The van der Waals surface area contributed by atoms with Crippen LogP contribution in [0.1, 0.15) is 44.7 Å². The number of carbonyl (C=O) groups is 2. The van der Waals surface area contributed by atoms with Crippen molar-refractivity contribution in [3.8, 4) is 0 Å².